The zero-order valence-corrected chi connectivity index (χ0v) is 12.8. The molecule has 5 heteroatoms. The zero-order valence-electron chi connectivity index (χ0n) is 12.8. The average molecular weight is 289 g/mol. The van der Waals surface area contributed by atoms with E-state index in [4.69, 9.17) is 0 Å². The number of hydrogen-bond donors (Lipinski definition) is 3. The molecule has 1 aliphatic rings. The van der Waals surface area contributed by atoms with Gasteiger partial charge < -0.3 is 16.0 Å². The largest absolute Gasteiger partial charge is 0.335 e. The van der Waals surface area contributed by atoms with Crippen molar-refractivity contribution >= 4 is 17.6 Å². The van der Waals surface area contributed by atoms with Crippen LogP contribution < -0.4 is 16.0 Å². The monoisotopic (exact) mass is 289 g/mol. The molecule has 1 fully saturated rings. The SMILES string of the molecule is Cc1cccc(C(C)C)c1NC(=O)CNC(=O)NC1CC1. The first kappa shape index (κ1) is 15.4. The number of rotatable bonds is 5. The number of para-hydroxylation sites is 1. The molecule has 0 unspecified atom stereocenters. The van der Waals surface area contributed by atoms with E-state index in [0.29, 0.717) is 5.92 Å². The topological polar surface area (TPSA) is 70.2 Å². The Morgan fingerprint density at radius 2 is 2.00 bits per heavy atom. The maximum Gasteiger partial charge on any atom is 0.315 e. The summed E-state index contributed by atoms with van der Waals surface area (Å²) in [6, 6.07) is 5.98. The molecule has 0 spiro atoms. The molecule has 0 atom stereocenters. The minimum absolute atomic E-state index is 0.0234. The number of carbonyl (C=O) groups is 2. The van der Waals surface area contributed by atoms with Crippen molar-refractivity contribution < 1.29 is 9.59 Å². The fourth-order valence-electron chi connectivity index (χ4n) is 2.15. The molecule has 5 nitrogen and oxygen atoms in total. The third-order valence-electron chi connectivity index (χ3n) is 3.51. The highest BCUT2D eigenvalue weighted by atomic mass is 16.2. The van der Waals surface area contributed by atoms with Crippen LogP contribution in [0.2, 0.25) is 0 Å². The second-order valence-electron chi connectivity index (χ2n) is 5.84. The summed E-state index contributed by atoms with van der Waals surface area (Å²) in [6.45, 7) is 6.12. The van der Waals surface area contributed by atoms with Gasteiger partial charge in [-0.1, -0.05) is 32.0 Å². The van der Waals surface area contributed by atoms with E-state index in [1.807, 2.05) is 25.1 Å². The van der Waals surface area contributed by atoms with Gasteiger partial charge in [0, 0.05) is 11.7 Å². The first-order valence-electron chi connectivity index (χ1n) is 7.41. The van der Waals surface area contributed by atoms with Crippen molar-refractivity contribution in [3.05, 3.63) is 29.3 Å². The van der Waals surface area contributed by atoms with Crippen molar-refractivity contribution in [3.63, 3.8) is 0 Å². The summed E-state index contributed by atoms with van der Waals surface area (Å²) < 4.78 is 0. The molecule has 0 saturated heterocycles. The van der Waals surface area contributed by atoms with Crippen LogP contribution in [-0.4, -0.2) is 24.5 Å². The van der Waals surface area contributed by atoms with E-state index in [2.05, 4.69) is 29.8 Å². The van der Waals surface area contributed by atoms with Gasteiger partial charge in [0.2, 0.25) is 5.91 Å². The van der Waals surface area contributed by atoms with E-state index in [0.717, 1.165) is 29.7 Å². The van der Waals surface area contributed by atoms with Crippen LogP contribution in [0.5, 0.6) is 0 Å². The number of hydrogen-bond acceptors (Lipinski definition) is 2. The van der Waals surface area contributed by atoms with E-state index in [9.17, 15) is 9.59 Å². The Bertz CT molecular complexity index is 536. The second-order valence-corrected chi connectivity index (χ2v) is 5.84. The molecule has 3 amide bonds. The molecule has 21 heavy (non-hydrogen) atoms. The van der Waals surface area contributed by atoms with Crippen LogP contribution >= 0.6 is 0 Å². The predicted molar refractivity (Wildman–Crippen MR) is 83.5 cm³/mol. The van der Waals surface area contributed by atoms with Gasteiger partial charge in [-0.3, -0.25) is 4.79 Å². The molecule has 0 aromatic heterocycles. The summed E-state index contributed by atoms with van der Waals surface area (Å²) in [4.78, 5) is 23.5. The number of aryl methyl sites for hydroxylation is 1. The molecular formula is C16H23N3O2. The first-order chi connectivity index (χ1) is 9.97. The van der Waals surface area contributed by atoms with Crippen molar-refractivity contribution in [3.8, 4) is 0 Å². The molecule has 0 radical (unpaired) electrons. The average Bonchev–Trinajstić information content (AvgIpc) is 3.22. The maximum atomic E-state index is 12.0. The van der Waals surface area contributed by atoms with Crippen molar-refractivity contribution in [2.24, 2.45) is 0 Å². The van der Waals surface area contributed by atoms with Crippen LogP contribution in [0.4, 0.5) is 10.5 Å². The number of nitrogens with one attached hydrogen (secondary N) is 3. The van der Waals surface area contributed by atoms with Crippen molar-refractivity contribution in [1.29, 1.82) is 0 Å². The fraction of sp³-hybridized carbons (Fsp3) is 0.500. The lowest BCUT2D eigenvalue weighted by molar-refractivity contribution is -0.115. The Morgan fingerprint density at radius 3 is 2.62 bits per heavy atom. The molecule has 1 aromatic rings. The Labute approximate surface area is 125 Å². The van der Waals surface area contributed by atoms with Crippen LogP contribution in [-0.2, 0) is 4.79 Å². The van der Waals surface area contributed by atoms with Crippen LogP contribution in [0.25, 0.3) is 0 Å². The van der Waals surface area contributed by atoms with Crippen molar-refractivity contribution in [2.45, 2.75) is 45.6 Å². The lowest BCUT2D eigenvalue weighted by atomic mass is 9.98. The van der Waals surface area contributed by atoms with E-state index >= 15 is 0 Å². The summed E-state index contributed by atoms with van der Waals surface area (Å²) in [5, 5.41) is 8.27. The van der Waals surface area contributed by atoms with Gasteiger partial charge in [-0.25, -0.2) is 4.79 Å². The zero-order chi connectivity index (χ0) is 15.4. The van der Waals surface area contributed by atoms with Crippen LogP contribution in [0.1, 0.15) is 43.7 Å². The molecular weight excluding hydrogens is 266 g/mol. The summed E-state index contributed by atoms with van der Waals surface area (Å²) in [6.07, 6.45) is 2.06. The number of urea groups is 1. The molecule has 1 saturated carbocycles. The number of amides is 3. The number of benzene rings is 1. The smallest absolute Gasteiger partial charge is 0.315 e. The summed E-state index contributed by atoms with van der Waals surface area (Å²) in [5.41, 5.74) is 2.98. The van der Waals surface area contributed by atoms with E-state index in [1.165, 1.54) is 0 Å². The Morgan fingerprint density at radius 1 is 1.29 bits per heavy atom. The highest BCUT2D eigenvalue weighted by Crippen LogP contribution is 2.27. The molecule has 1 aromatic carbocycles. The van der Waals surface area contributed by atoms with Crippen LogP contribution in [0.15, 0.2) is 18.2 Å². The Kier molecular flexibility index (Phi) is 4.83. The third kappa shape index (κ3) is 4.48. The number of carbonyl (C=O) groups excluding carboxylic acids is 2. The van der Waals surface area contributed by atoms with Gasteiger partial charge in [-0.2, -0.15) is 0 Å². The third-order valence-corrected chi connectivity index (χ3v) is 3.51. The van der Waals surface area contributed by atoms with E-state index < -0.39 is 0 Å². The van der Waals surface area contributed by atoms with Gasteiger partial charge >= 0.3 is 6.03 Å². The van der Waals surface area contributed by atoms with Crippen LogP contribution in [0.3, 0.4) is 0 Å². The van der Waals surface area contributed by atoms with Gasteiger partial charge in [-0.15, -0.1) is 0 Å². The van der Waals surface area contributed by atoms with Gasteiger partial charge in [0.15, 0.2) is 0 Å². The highest BCUT2D eigenvalue weighted by Gasteiger charge is 2.23. The van der Waals surface area contributed by atoms with Gasteiger partial charge in [0.05, 0.1) is 6.54 Å². The standard InChI is InChI=1S/C16H23N3O2/c1-10(2)13-6-4-5-11(3)15(13)19-14(20)9-17-16(21)18-12-7-8-12/h4-6,10,12H,7-9H2,1-3H3,(H,19,20)(H2,17,18,21). The van der Waals surface area contributed by atoms with Crippen molar-refractivity contribution in [2.75, 3.05) is 11.9 Å². The molecule has 0 bridgehead atoms. The summed E-state index contributed by atoms with van der Waals surface area (Å²) in [5.74, 6) is 0.114. The molecule has 3 N–H and O–H groups in total. The van der Waals surface area contributed by atoms with Gasteiger partial charge in [0.1, 0.15) is 0 Å². The molecule has 1 aliphatic carbocycles. The quantitative estimate of drug-likeness (QED) is 0.779. The molecule has 0 aliphatic heterocycles. The van der Waals surface area contributed by atoms with E-state index in [-0.39, 0.29) is 24.5 Å². The summed E-state index contributed by atoms with van der Waals surface area (Å²) in [7, 11) is 0. The minimum Gasteiger partial charge on any atom is -0.335 e. The summed E-state index contributed by atoms with van der Waals surface area (Å²) >= 11 is 0. The molecule has 0 heterocycles. The van der Waals surface area contributed by atoms with Gasteiger partial charge in [0.25, 0.3) is 0 Å². The van der Waals surface area contributed by atoms with E-state index in [1.54, 1.807) is 0 Å². The fourth-order valence-corrected chi connectivity index (χ4v) is 2.15. The first-order valence-corrected chi connectivity index (χ1v) is 7.41. The highest BCUT2D eigenvalue weighted by molar-refractivity contribution is 5.95. The minimum atomic E-state index is -0.276. The maximum absolute atomic E-state index is 12.0. The molecule has 2 rings (SSSR count). The normalized spacial score (nSPS) is 13.9. The Balaban J connectivity index is 1.91. The second kappa shape index (κ2) is 6.61. The lowest BCUT2D eigenvalue weighted by Gasteiger charge is -2.16. The van der Waals surface area contributed by atoms with Crippen LogP contribution in [0, 0.1) is 6.92 Å². The number of anilines is 1. The molecule has 114 valence electrons. The predicted octanol–water partition coefficient (Wildman–Crippen LogP) is 2.52. The van der Waals surface area contributed by atoms with Gasteiger partial charge in [-0.05, 0) is 36.8 Å². The Hall–Kier alpha value is -2.04. The lowest BCUT2D eigenvalue weighted by Crippen LogP contribution is -2.41. The van der Waals surface area contributed by atoms with Crippen molar-refractivity contribution in [1.82, 2.24) is 10.6 Å².